The summed E-state index contributed by atoms with van der Waals surface area (Å²) in [7, 11) is 0. The van der Waals surface area contributed by atoms with Crippen molar-refractivity contribution in [1.82, 2.24) is 10.2 Å². The fourth-order valence-corrected chi connectivity index (χ4v) is 5.42. The molecular weight excluding hydrogens is 252 g/mol. The standard InChI is InChI=1S/C16H24N2O2/c1-8-9(2)16(7)12-11(15(8,6)14(16,4)5)17-13(20)18(12)10(3)19/h11-12H,1-7H3,(H,17,20)/t11-,12+,15-,16+/m1/s1. The van der Waals surface area contributed by atoms with E-state index in [2.05, 4.69) is 46.9 Å². The number of imide groups is 1. The molecule has 0 radical (unpaired) electrons. The van der Waals surface area contributed by atoms with Crippen molar-refractivity contribution in [3.8, 4) is 0 Å². The second-order valence-corrected chi connectivity index (χ2v) is 7.54. The Kier molecular flexibility index (Phi) is 2.24. The van der Waals surface area contributed by atoms with Crippen molar-refractivity contribution in [3.63, 3.8) is 0 Å². The molecule has 4 atom stereocenters. The van der Waals surface area contributed by atoms with Crippen LogP contribution in [-0.2, 0) is 4.79 Å². The molecule has 4 nitrogen and oxygen atoms in total. The lowest BCUT2D eigenvalue weighted by atomic mass is 9.62. The predicted molar refractivity (Wildman–Crippen MR) is 77.0 cm³/mol. The lowest BCUT2D eigenvalue weighted by Gasteiger charge is -2.44. The van der Waals surface area contributed by atoms with Gasteiger partial charge in [0.15, 0.2) is 0 Å². The Balaban J connectivity index is 2.28. The van der Waals surface area contributed by atoms with Crippen molar-refractivity contribution in [2.75, 3.05) is 0 Å². The van der Waals surface area contributed by atoms with Gasteiger partial charge in [0, 0.05) is 17.8 Å². The Morgan fingerprint density at radius 2 is 1.60 bits per heavy atom. The van der Waals surface area contributed by atoms with Gasteiger partial charge >= 0.3 is 6.03 Å². The minimum atomic E-state index is -0.233. The fraction of sp³-hybridized carbons (Fsp3) is 0.750. The lowest BCUT2D eigenvalue weighted by molar-refractivity contribution is -0.128. The number of urea groups is 1. The maximum Gasteiger partial charge on any atom is 0.324 e. The molecule has 3 amide bonds. The number of amides is 3. The van der Waals surface area contributed by atoms with Crippen molar-refractivity contribution in [1.29, 1.82) is 0 Å². The molecule has 1 saturated carbocycles. The van der Waals surface area contributed by atoms with Crippen LogP contribution in [0.1, 0.15) is 48.5 Å². The Morgan fingerprint density at radius 1 is 1.10 bits per heavy atom. The summed E-state index contributed by atoms with van der Waals surface area (Å²) in [6, 6.07) is -0.290. The number of nitrogens with zero attached hydrogens (tertiary/aromatic N) is 1. The van der Waals surface area contributed by atoms with Gasteiger partial charge in [0.25, 0.3) is 0 Å². The van der Waals surface area contributed by atoms with Crippen LogP contribution in [0.2, 0.25) is 0 Å². The zero-order valence-corrected chi connectivity index (χ0v) is 13.4. The van der Waals surface area contributed by atoms with Crippen molar-refractivity contribution in [3.05, 3.63) is 11.1 Å². The summed E-state index contributed by atoms with van der Waals surface area (Å²) in [6.07, 6.45) is 0. The van der Waals surface area contributed by atoms with Crippen molar-refractivity contribution in [2.24, 2.45) is 16.2 Å². The summed E-state index contributed by atoms with van der Waals surface area (Å²) in [5.41, 5.74) is 2.45. The van der Waals surface area contributed by atoms with E-state index in [4.69, 9.17) is 0 Å². The third-order valence-corrected chi connectivity index (χ3v) is 7.36. The molecule has 2 fully saturated rings. The first-order chi connectivity index (χ1) is 9.02. The van der Waals surface area contributed by atoms with Crippen LogP contribution in [0.25, 0.3) is 0 Å². The maximum absolute atomic E-state index is 12.2. The minimum Gasteiger partial charge on any atom is -0.332 e. The number of hydrogen-bond donors (Lipinski definition) is 1. The van der Waals surface area contributed by atoms with Gasteiger partial charge in [-0.2, -0.15) is 0 Å². The predicted octanol–water partition coefficient (Wildman–Crippen LogP) is 2.70. The van der Waals surface area contributed by atoms with Crippen LogP contribution in [0.3, 0.4) is 0 Å². The van der Waals surface area contributed by atoms with Crippen LogP contribution in [-0.4, -0.2) is 28.9 Å². The number of carbonyl (C=O) groups excluding carboxylic acids is 2. The molecule has 110 valence electrons. The van der Waals surface area contributed by atoms with Crippen LogP contribution >= 0.6 is 0 Å². The first kappa shape index (κ1) is 13.7. The lowest BCUT2D eigenvalue weighted by Crippen LogP contribution is -2.50. The summed E-state index contributed by atoms with van der Waals surface area (Å²) < 4.78 is 0. The Hall–Kier alpha value is -1.32. The second kappa shape index (κ2) is 3.29. The number of carbonyl (C=O) groups is 2. The summed E-state index contributed by atoms with van der Waals surface area (Å²) >= 11 is 0. The molecule has 1 N–H and O–H groups in total. The Labute approximate surface area is 120 Å². The van der Waals surface area contributed by atoms with E-state index in [1.807, 2.05) is 0 Å². The highest BCUT2D eigenvalue weighted by Crippen LogP contribution is 2.75. The normalized spacial score (nSPS) is 45.0. The van der Waals surface area contributed by atoms with E-state index in [0.717, 1.165) is 0 Å². The third-order valence-electron chi connectivity index (χ3n) is 7.36. The molecule has 0 aromatic heterocycles. The fourth-order valence-electron chi connectivity index (χ4n) is 5.42. The first-order valence-electron chi connectivity index (χ1n) is 7.31. The van der Waals surface area contributed by atoms with Crippen LogP contribution in [0.15, 0.2) is 11.1 Å². The summed E-state index contributed by atoms with van der Waals surface area (Å²) in [4.78, 5) is 25.7. The molecular formula is C16H24N2O2. The summed E-state index contributed by atoms with van der Waals surface area (Å²) in [5.74, 6) is -0.159. The largest absolute Gasteiger partial charge is 0.332 e. The van der Waals surface area contributed by atoms with Crippen LogP contribution in [0.4, 0.5) is 4.79 Å². The first-order valence-corrected chi connectivity index (χ1v) is 7.31. The second-order valence-electron chi connectivity index (χ2n) is 7.54. The number of nitrogens with one attached hydrogen (secondary N) is 1. The molecule has 20 heavy (non-hydrogen) atoms. The van der Waals surface area contributed by atoms with Gasteiger partial charge in [-0.15, -0.1) is 0 Å². The van der Waals surface area contributed by atoms with Crippen LogP contribution < -0.4 is 5.32 Å². The summed E-state index contributed by atoms with van der Waals surface area (Å²) in [5, 5.41) is 3.08. The molecule has 1 aliphatic heterocycles. The van der Waals surface area contributed by atoms with Gasteiger partial charge in [-0.1, -0.05) is 38.8 Å². The van der Waals surface area contributed by atoms with Crippen LogP contribution in [0.5, 0.6) is 0 Å². The van der Waals surface area contributed by atoms with Gasteiger partial charge in [0.2, 0.25) is 5.91 Å². The quantitative estimate of drug-likeness (QED) is 0.692. The van der Waals surface area contributed by atoms with E-state index in [1.54, 1.807) is 0 Å². The van der Waals surface area contributed by atoms with Gasteiger partial charge in [-0.3, -0.25) is 9.69 Å². The zero-order valence-electron chi connectivity index (χ0n) is 13.4. The highest BCUT2D eigenvalue weighted by Gasteiger charge is 2.77. The van der Waals surface area contributed by atoms with E-state index in [9.17, 15) is 9.59 Å². The van der Waals surface area contributed by atoms with Crippen LogP contribution in [0, 0.1) is 16.2 Å². The number of rotatable bonds is 0. The average Bonchev–Trinajstić information content (AvgIpc) is 2.79. The molecule has 0 aromatic carbocycles. The molecule has 0 unspecified atom stereocenters. The molecule has 0 aromatic rings. The molecule has 2 bridgehead atoms. The maximum atomic E-state index is 12.2. The summed E-state index contributed by atoms with van der Waals surface area (Å²) in [6.45, 7) is 14.8. The molecule has 2 aliphatic carbocycles. The number of hydrogen-bond acceptors (Lipinski definition) is 2. The smallest absolute Gasteiger partial charge is 0.324 e. The van der Waals surface area contributed by atoms with E-state index in [0.29, 0.717) is 0 Å². The Morgan fingerprint density at radius 3 is 2.10 bits per heavy atom. The van der Waals surface area contributed by atoms with E-state index < -0.39 is 0 Å². The van der Waals surface area contributed by atoms with Crippen molar-refractivity contribution in [2.45, 2.75) is 60.5 Å². The van der Waals surface area contributed by atoms with Gasteiger partial charge in [-0.05, 0) is 19.3 Å². The molecule has 1 saturated heterocycles. The molecule has 3 rings (SSSR count). The highest BCUT2D eigenvalue weighted by molar-refractivity contribution is 5.96. The van der Waals surface area contributed by atoms with E-state index >= 15 is 0 Å². The molecule has 4 heteroatoms. The van der Waals surface area contributed by atoms with Gasteiger partial charge in [0.1, 0.15) is 0 Å². The Bertz CT molecular complexity index is 577. The third kappa shape index (κ3) is 0.980. The zero-order chi connectivity index (χ0) is 15.2. The molecule has 0 spiro atoms. The SMILES string of the molecule is CC(=O)N1C(=O)N[C@@H]2[C@H]1[C@]1(C)C(C)=C(C)[C@@]2(C)C1(C)C. The van der Waals surface area contributed by atoms with Gasteiger partial charge in [0.05, 0.1) is 12.1 Å². The highest BCUT2D eigenvalue weighted by atomic mass is 16.2. The average molecular weight is 276 g/mol. The monoisotopic (exact) mass is 276 g/mol. The molecule has 1 heterocycles. The van der Waals surface area contributed by atoms with E-state index in [-0.39, 0.29) is 40.3 Å². The van der Waals surface area contributed by atoms with Gasteiger partial charge in [-0.25, -0.2) is 4.79 Å². The van der Waals surface area contributed by atoms with Gasteiger partial charge < -0.3 is 5.32 Å². The van der Waals surface area contributed by atoms with Crippen molar-refractivity contribution >= 4 is 11.9 Å². The van der Waals surface area contributed by atoms with Crippen molar-refractivity contribution < 1.29 is 9.59 Å². The number of fused-ring (bicyclic) bond motifs is 5. The van der Waals surface area contributed by atoms with E-state index in [1.165, 1.54) is 23.0 Å². The topological polar surface area (TPSA) is 49.4 Å². The molecule has 3 aliphatic rings. The minimum absolute atomic E-state index is 0.00486.